The minimum absolute atomic E-state index is 0.765. The lowest BCUT2D eigenvalue weighted by atomic mass is 9.86. The summed E-state index contributed by atoms with van der Waals surface area (Å²) in [4.78, 5) is 13.5. The lowest BCUT2D eigenvalue weighted by Crippen LogP contribution is -2.27. The lowest BCUT2D eigenvalue weighted by Gasteiger charge is -2.16. The number of carbonyl (C=O) groups is 1. The van der Waals surface area contributed by atoms with Crippen LogP contribution in [0.2, 0.25) is 0 Å². The van der Waals surface area contributed by atoms with E-state index in [9.17, 15) is 4.79 Å². The van der Waals surface area contributed by atoms with Crippen LogP contribution in [0.3, 0.4) is 0 Å². The highest BCUT2D eigenvalue weighted by Crippen LogP contribution is 2.29. The van der Waals surface area contributed by atoms with E-state index in [1.165, 1.54) is 4.88 Å². The van der Waals surface area contributed by atoms with E-state index < -0.39 is 11.4 Å². The van der Waals surface area contributed by atoms with Crippen molar-refractivity contribution in [3.63, 3.8) is 0 Å². The molecule has 0 unspecified atom stereocenters. The fourth-order valence-electron chi connectivity index (χ4n) is 1.42. The first kappa shape index (κ1) is 12.3. The largest absolute Gasteiger partial charge is 0.481 e. The maximum Gasteiger partial charge on any atom is 0.313 e. The Morgan fingerprint density at radius 3 is 2.82 bits per heavy atom. The molecule has 0 aliphatic heterocycles. The van der Waals surface area contributed by atoms with Crippen molar-refractivity contribution in [3.8, 4) is 0 Å². The Balaban J connectivity index is 2.19. The third-order valence-corrected chi connectivity index (χ3v) is 4.48. The summed E-state index contributed by atoms with van der Waals surface area (Å²) >= 11 is 3.29. The number of carboxylic acid groups (broad SMARTS) is 1. The van der Waals surface area contributed by atoms with Gasteiger partial charge in [0.2, 0.25) is 0 Å². The molecule has 0 saturated heterocycles. The Kier molecular flexibility index (Phi) is 3.35. The molecule has 0 spiro atoms. The van der Waals surface area contributed by atoms with E-state index in [-0.39, 0.29) is 0 Å². The van der Waals surface area contributed by atoms with Gasteiger partial charge in [0.1, 0.15) is 0 Å². The molecule has 17 heavy (non-hydrogen) atoms. The number of rotatable bonds is 4. The summed E-state index contributed by atoms with van der Waals surface area (Å²) in [5.41, 5.74) is -0.0916. The summed E-state index contributed by atoms with van der Waals surface area (Å²) in [6.45, 7) is 3.42. The molecule has 0 aliphatic rings. The molecule has 0 saturated carbocycles. The van der Waals surface area contributed by atoms with Crippen molar-refractivity contribution >= 4 is 28.6 Å². The lowest BCUT2D eigenvalue weighted by molar-refractivity contribution is -0.142. The first-order chi connectivity index (χ1) is 8.00. The number of hydrogen-bond donors (Lipinski definition) is 1. The van der Waals surface area contributed by atoms with Crippen LogP contribution in [0.5, 0.6) is 0 Å². The first-order valence-electron chi connectivity index (χ1n) is 5.26. The summed E-state index contributed by atoms with van der Waals surface area (Å²) in [7, 11) is 0. The monoisotopic (exact) mass is 265 g/mol. The van der Waals surface area contributed by atoms with Gasteiger partial charge in [0.15, 0.2) is 0 Å². The average Bonchev–Trinajstić information content (AvgIpc) is 2.89. The van der Waals surface area contributed by atoms with Crippen LogP contribution >= 0.6 is 22.7 Å². The summed E-state index contributed by atoms with van der Waals surface area (Å²) < 4.78 is 0. The van der Waals surface area contributed by atoms with Crippen molar-refractivity contribution in [1.82, 2.24) is 0 Å². The van der Waals surface area contributed by atoms with Gasteiger partial charge < -0.3 is 5.11 Å². The Labute approximate surface area is 109 Å². The fraction of sp³-hybridized carbons (Fsp3) is 0.308. The molecule has 0 aliphatic carbocycles. The highest BCUT2D eigenvalue weighted by molar-refractivity contribution is 7.11. The van der Waals surface area contributed by atoms with Crippen molar-refractivity contribution in [2.24, 2.45) is 0 Å². The van der Waals surface area contributed by atoms with E-state index in [0.29, 0.717) is 0 Å². The third kappa shape index (κ3) is 2.58. The van der Waals surface area contributed by atoms with Crippen LogP contribution < -0.4 is 0 Å². The van der Waals surface area contributed by atoms with Crippen LogP contribution in [0.25, 0.3) is 0 Å². The van der Waals surface area contributed by atoms with Crippen molar-refractivity contribution in [2.75, 3.05) is 0 Å². The van der Waals surface area contributed by atoms with Gasteiger partial charge in [-0.1, -0.05) is 6.07 Å². The minimum Gasteiger partial charge on any atom is -0.481 e. The molecule has 0 bridgehead atoms. The Hall–Kier alpha value is -1.13. The van der Waals surface area contributed by atoms with Gasteiger partial charge in [0.05, 0.1) is 5.41 Å². The van der Waals surface area contributed by atoms with Gasteiger partial charge in [-0.05, 0) is 36.2 Å². The van der Waals surface area contributed by atoms with Gasteiger partial charge in [-0.2, -0.15) is 0 Å². The second kappa shape index (κ2) is 4.63. The molecule has 0 amide bonds. The van der Waals surface area contributed by atoms with Crippen molar-refractivity contribution in [3.05, 3.63) is 44.3 Å². The normalized spacial score (nSPS) is 11.6. The molecule has 2 aromatic heterocycles. The first-order valence-corrected chi connectivity index (χ1v) is 7.02. The molecule has 2 nitrogen and oxygen atoms in total. The predicted octanol–water partition coefficient (Wildman–Crippen LogP) is 3.56. The fourth-order valence-corrected chi connectivity index (χ4v) is 3.24. The molecular formula is C13H13O2S2. The van der Waals surface area contributed by atoms with Crippen LogP contribution in [-0.2, 0) is 16.6 Å². The molecule has 1 radical (unpaired) electrons. The summed E-state index contributed by atoms with van der Waals surface area (Å²) in [6.07, 6.45) is 0.845. The summed E-state index contributed by atoms with van der Waals surface area (Å²) in [5.74, 6) is -0.811. The van der Waals surface area contributed by atoms with Crippen LogP contribution in [0.15, 0.2) is 22.9 Å². The maximum atomic E-state index is 11.1. The number of thiophene rings is 2. The highest BCUT2D eigenvalue weighted by atomic mass is 32.1. The Morgan fingerprint density at radius 2 is 2.24 bits per heavy atom. The third-order valence-electron chi connectivity index (χ3n) is 2.72. The molecule has 0 fully saturated rings. The number of hydrogen-bond acceptors (Lipinski definition) is 3. The minimum atomic E-state index is -0.857. The number of carboxylic acids is 1. The quantitative estimate of drug-likeness (QED) is 0.917. The molecule has 2 aromatic rings. The smallest absolute Gasteiger partial charge is 0.313 e. The molecule has 2 rings (SSSR count). The van der Waals surface area contributed by atoms with Gasteiger partial charge in [0, 0.05) is 22.2 Å². The van der Waals surface area contributed by atoms with Gasteiger partial charge in [0.25, 0.3) is 0 Å². The van der Waals surface area contributed by atoms with Crippen LogP contribution in [0, 0.1) is 6.07 Å². The zero-order valence-corrected chi connectivity index (χ0v) is 11.3. The molecule has 2 heterocycles. The van der Waals surface area contributed by atoms with E-state index in [1.807, 2.05) is 16.8 Å². The van der Waals surface area contributed by atoms with E-state index in [2.05, 4.69) is 12.1 Å². The van der Waals surface area contributed by atoms with Gasteiger partial charge in [-0.15, -0.1) is 22.7 Å². The standard InChI is InChI=1S/C13H13O2S2/c1-13(2,12(14)15)9-6-11(17-8-9)7-10-4-3-5-16-10/h3-5,8H,7H2,1-2H3,(H,14,15). The maximum absolute atomic E-state index is 11.1. The summed E-state index contributed by atoms with van der Waals surface area (Å²) in [6, 6.07) is 7.32. The van der Waals surface area contributed by atoms with Crippen molar-refractivity contribution < 1.29 is 9.90 Å². The summed E-state index contributed by atoms with van der Waals surface area (Å²) in [5, 5.41) is 13.1. The molecule has 89 valence electrons. The molecule has 0 aromatic carbocycles. The highest BCUT2D eigenvalue weighted by Gasteiger charge is 2.30. The van der Waals surface area contributed by atoms with E-state index in [1.54, 1.807) is 36.5 Å². The van der Waals surface area contributed by atoms with Gasteiger partial charge >= 0.3 is 5.97 Å². The van der Waals surface area contributed by atoms with Gasteiger partial charge in [-0.3, -0.25) is 4.79 Å². The zero-order chi connectivity index (χ0) is 12.5. The second-order valence-corrected chi connectivity index (χ2v) is 6.38. The van der Waals surface area contributed by atoms with Crippen LogP contribution in [0.1, 0.15) is 29.2 Å². The van der Waals surface area contributed by atoms with E-state index in [0.717, 1.165) is 16.9 Å². The molecule has 0 atom stereocenters. The Morgan fingerprint density at radius 1 is 1.47 bits per heavy atom. The van der Waals surface area contributed by atoms with Gasteiger partial charge in [-0.25, -0.2) is 0 Å². The van der Waals surface area contributed by atoms with Crippen LogP contribution in [0.4, 0.5) is 0 Å². The average molecular weight is 265 g/mol. The van der Waals surface area contributed by atoms with Crippen molar-refractivity contribution in [2.45, 2.75) is 25.7 Å². The predicted molar refractivity (Wildman–Crippen MR) is 70.9 cm³/mol. The van der Waals surface area contributed by atoms with Crippen molar-refractivity contribution in [1.29, 1.82) is 0 Å². The molecule has 4 heteroatoms. The Bertz CT molecular complexity index is 509. The second-order valence-electron chi connectivity index (χ2n) is 4.38. The topological polar surface area (TPSA) is 37.3 Å². The SMILES string of the molecule is CC(C)(C(=O)O)c1[c]c(Cc2cccs2)sc1. The van der Waals surface area contributed by atoms with E-state index in [4.69, 9.17) is 5.11 Å². The molecular weight excluding hydrogens is 252 g/mol. The molecule has 1 N–H and O–H groups in total. The number of aliphatic carboxylic acids is 1. The van der Waals surface area contributed by atoms with Crippen LogP contribution in [-0.4, -0.2) is 11.1 Å². The van der Waals surface area contributed by atoms with E-state index >= 15 is 0 Å². The zero-order valence-electron chi connectivity index (χ0n) is 9.69.